The highest BCUT2D eigenvalue weighted by Crippen LogP contribution is 2.45. The van der Waals surface area contributed by atoms with E-state index in [0.717, 1.165) is 73.2 Å². The van der Waals surface area contributed by atoms with E-state index in [1.165, 1.54) is 32.7 Å². The number of aryl methyl sites for hydroxylation is 1. The fourth-order valence-electron chi connectivity index (χ4n) is 9.10. The zero-order valence-corrected chi connectivity index (χ0v) is 31.9. The quantitative estimate of drug-likeness (QED) is 0.126. The lowest BCUT2D eigenvalue weighted by molar-refractivity contribution is 0.796. The molecule has 0 radical (unpaired) electrons. The molecule has 4 heteroatoms. The molecule has 0 fully saturated rings. The van der Waals surface area contributed by atoms with Crippen molar-refractivity contribution in [1.82, 2.24) is 14.1 Å². The van der Waals surface area contributed by atoms with Gasteiger partial charge < -0.3 is 4.57 Å². The highest BCUT2D eigenvalue weighted by atomic mass is 16.1. The summed E-state index contributed by atoms with van der Waals surface area (Å²) in [6.45, 7) is 3.02. The Labute approximate surface area is 335 Å². The third-order valence-electron chi connectivity index (χ3n) is 11.7. The van der Waals surface area contributed by atoms with Gasteiger partial charge in [0.05, 0.1) is 16.6 Å². The molecule has 0 unspecified atom stereocenters. The third-order valence-corrected chi connectivity index (χ3v) is 11.7. The normalized spacial score (nSPS) is 11.7. The number of rotatable bonds is 6. The van der Waals surface area contributed by atoms with Crippen molar-refractivity contribution in [3.05, 3.63) is 204 Å². The van der Waals surface area contributed by atoms with Crippen LogP contribution in [0.4, 0.5) is 0 Å². The van der Waals surface area contributed by atoms with Gasteiger partial charge in [-0.2, -0.15) is 0 Å². The number of nitrogens with zero attached hydrogens (tertiary/aromatic N) is 3. The maximum atomic E-state index is 14.4. The van der Waals surface area contributed by atoms with E-state index in [1.54, 1.807) is 0 Å². The average Bonchev–Trinajstić information content (AvgIpc) is 3.67. The van der Waals surface area contributed by atoms with Gasteiger partial charge in [0.25, 0.3) is 5.56 Å². The van der Waals surface area contributed by atoms with Gasteiger partial charge in [-0.05, 0) is 110 Å². The van der Waals surface area contributed by atoms with Gasteiger partial charge in [0.1, 0.15) is 5.82 Å². The molecule has 0 amide bonds. The average molecular weight is 744 g/mol. The number of benzene rings is 9. The number of aromatic nitrogens is 3. The van der Waals surface area contributed by atoms with Crippen LogP contribution >= 0.6 is 0 Å². The van der Waals surface area contributed by atoms with E-state index in [9.17, 15) is 4.79 Å². The first kappa shape index (κ1) is 33.8. The zero-order chi connectivity index (χ0) is 38.7. The summed E-state index contributed by atoms with van der Waals surface area (Å²) < 4.78 is 4.17. The van der Waals surface area contributed by atoms with E-state index in [0.29, 0.717) is 5.39 Å². The Hall–Kier alpha value is -7.56. The lowest BCUT2D eigenvalue weighted by Gasteiger charge is -2.19. The molecule has 0 bridgehead atoms. The van der Waals surface area contributed by atoms with Crippen LogP contribution in [0, 0.1) is 0 Å². The van der Waals surface area contributed by atoms with E-state index in [-0.39, 0.29) is 5.56 Å². The van der Waals surface area contributed by atoms with Crippen LogP contribution < -0.4 is 5.56 Å². The van der Waals surface area contributed by atoms with Crippen molar-refractivity contribution >= 4 is 54.3 Å². The Morgan fingerprint density at radius 3 is 1.66 bits per heavy atom. The Kier molecular flexibility index (Phi) is 7.90. The molecular weight excluding hydrogens is 707 g/mol. The van der Waals surface area contributed by atoms with Crippen molar-refractivity contribution in [2.45, 2.75) is 13.5 Å². The van der Waals surface area contributed by atoms with E-state index in [1.807, 2.05) is 59.2 Å². The minimum atomic E-state index is -0.0284. The summed E-state index contributed by atoms with van der Waals surface area (Å²) in [4.78, 5) is 19.4. The predicted molar refractivity (Wildman–Crippen MR) is 243 cm³/mol. The lowest BCUT2D eigenvalue weighted by Crippen LogP contribution is -2.19. The molecule has 2 aromatic heterocycles. The topological polar surface area (TPSA) is 39.8 Å². The summed E-state index contributed by atoms with van der Waals surface area (Å²) >= 11 is 0. The SMILES string of the molecule is CCn1c(-c2ccc(-c3c4ccccc4c(-c4ccc5c(c4)c4ccccc4c(=O)n5-c4cccc(-c5ccccc5)c4)c4ccccc34)cc2)nc2ccccc21. The molecule has 274 valence electrons. The fourth-order valence-corrected chi connectivity index (χ4v) is 9.10. The van der Waals surface area contributed by atoms with Gasteiger partial charge in [-0.25, -0.2) is 4.98 Å². The van der Waals surface area contributed by atoms with Crippen molar-refractivity contribution in [2.75, 3.05) is 0 Å². The minimum absolute atomic E-state index is 0.0284. The van der Waals surface area contributed by atoms with Crippen LogP contribution in [0.1, 0.15) is 6.92 Å². The van der Waals surface area contributed by atoms with Crippen LogP contribution in [0.15, 0.2) is 199 Å². The van der Waals surface area contributed by atoms with Crippen molar-refractivity contribution in [2.24, 2.45) is 0 Å². The van der Waals surface area contributed by atoms with Crippen molar-refractivity contribution in [1.29, 1.82) is 0 Å². The highest BCUT2D eigenvalue weighted by molar-refractivity contribution is 6.22. The molecule has 0 N–H and O–H groups in total. The molecule has 4 nitrogen and oxygen atoms in total. The molecule has 0 saturated heterocycles. The van der Waals surface area contributed by atoms with Gasteiger partial charge in [0.15, 0.2) is 0 Å². The number of hydrogen-bond donors (Lipinski definition) is 0. The standard InChI is InChI=1S/C54H37N3O/c1-2-56-50-26-13-12-25-48(50)55-53(56)37-29-27-36(28-30-37)51-42-20-7-9-22-44(42)52(45-23-10-8-21-43(45)51)39-31-32-49-47(34-39)41-19-6-11-24-46(41)54(58)57(49)40-18-14-17-38(33-40)35-15-4-3-5-16-35/h3-34H,2H2,1H3. The van der Waals surface area contributed by atoms with Crippen LogP contribution in [0.3, 0.4) is 0 Å². The van der Waals surface area contributed by atoms with E-state index < -0.39 is 0 Å². The number of imidazole rings is 1. The number of fused-ring (bicyclic) bond motifs is 6. The van der Waals surface area contributed by atoms with E-state index in [2.05, 4.69) is 151 Å². The summed E-state index contributed by atoms with van der Waals surface area (Å²) in [5.74, 6) is 0.985. The second kappa shape index (κ2) is 13.6. The lowest BCUT2D eigenvalue weighted by atomic mass is 9.85. The molecule has 2 heterocycles. The summed E-state index contributed by atoms with van der Waals surface area (Å²) in [5.41, 5.74) is 11.8. The first-order valence-corrected chi connectivity index (χ1v) is 19.9. The molecule has 9 aromatic carbocycles. The molecule has 58 heavy (non-hydrogen) atoms. The fraction of sp³-hybridized carbons (Fsp3) is 0.0370. The van der Waals surface area contributed by atoms with E-state index in [4.69, 9.17) is 4.98 Å². The first-order chi connectivity index (χ1) is 28.7. The molecule has 0 aliphatic heterocycles. The minimum Gasteiger partial charge on any atom is -0.324 e. The van der Waals surface area contributed by atoms with Crippen molar-refractivity contribution < 1.29 is 0 Å². The second-order valence-electron chi connectivity index (χ2n) is 14.9. The van der Waals surface area contributed by atoms with Crippen LogP contribution in [-0.2, 0) is 6.54 Å². The summed E-state index contributed by atoms with van der Waals surface area (Å²) in [6.07, 6.45) is 0. The van der Waals surface area contributed by atoms with Crippen LogP contribution in [0.2, 0.25) is 0 Å². The number of hydrogen-bond acceptors (Lipinski definition) is 2. The molecule has 11 rings (SSSR count). The van der Waals surface area contributed by atoms with Crippen LogP contribution in [-0.4, -0.2) is 14.1 Å². The van der Waals surface area contributed by atoms with E-state index >= 15 is 0 Å². The molecular formula is C54H37N3O. The van der Waals surface area contributed by atoms with Gasteiger partial charge in [-0.15, -0.1) is 0 Å². The molecule has 0 aliphatic carbocycles. The van der Waals surface area contributed by atoms with Crippen LogP contribution in [0.5, 0.6) is 0 Å². The molecule has 0 spiro atoms. The molecule has 0 aliphatic rings. The first-order valence-electron chi connectivity index (χ1n) is 19.9. The highest BCUT2D eigenvalue weighted by Gasteiger charge is 2.20. The Bertz CT molecular complexity index is 3390. The summed E-state index contributed by atoms with van der Waals surface area (Å²) in [5, 5.41) is 7.42. The van der Waals surface area contributed by atoms with Crippen molar-refractivity contribution in [3.8, 4) is 50.5 Å². The summed E-state index contributed by atoms with van der Waals surface area (Å²) in [7, 11) is 0. The molecule has 0 atom stereocenters. The van der Waals surface area contributed by atoms with Gasteiger partial charge in [-0.3, -0.25) is 9.36 Å². The Balaban J connectivity index is 1.11. The smallest absolute Gasteiger partial charge is 0.263 e. The van der Waals surface area contributed by atoms with Gasteiger partial charge >= 0.3 is 0 Å². The monoisotopic (exact) mass is 743 g/mol. The zero-order valence-electron chi connectivity index (χ0n) is 31.9. The van der Waals surface area contributed by atoms with Crippen LogP contribution in [0.25, 0.3) is 105 Å². The third kappa shape index (κ3) is 5.30. The van der Waals surface area contributed by atoms with Gasteiger partial charge in [-0.1, -0.05) is 152 Å². The van der Waals surface area contributed by atoms with Gasteiger partial charge in [0, 0.05) is 28.6 Å². The van der Waals surface area contributed by atoms with Gasteiger partial charge in [0.2, 0.25) is 0 Å². The molecule has 0 saturated carbocycles. The maximum Gasteiger partial charge on any atom is 0.263 e. The van der Waals surface area contributed by atoms with Crippen molar-refractivity contribution in [3.63, 3.8) is 0 Å². The predicted octanol–water partition coefficient (Wildman–Crippen LogP) is 13.5. The summed E-state index contributed by atoms with van der Waals surface area (Å²) in [6, 6.07) is 68.0. The maximum absolute atomic E-state index is 14.4. The number of para-hydroxylation sites is 2. The Morgan fingerprint density at radius 1 is 0.414 bits per heavy atom. The second-order valence-corrected chi connectivity index (χ2v) is 14.9. The Morgan fingerprint density at radius 2 is 0.966 bits per heavy atom. The molecule has 11 aromatic rings. The number of pyridine rings is 1. The largest absolute Gasteiger partial charge is 0.324 e.